The third-order valence-corrected chi connectivity index (χ3v) is 2.33. The van der Waals surface area contributed by atoms with Gasteiger partial charge in [0, 0.05) is 6.42 Å². The molecule has 74 valence electrons. The van der Waals surface area contributed by atoms with Crippen LogP contribution in [0.4, 0.5) is 0 Å². The maximum absolute atomic E-state index is 11.1. The van der Waals surface area contributed by atoms with Crippen LogP contribution in [0, 0.1) is 0 Å². The van der Waals surface area contributed by atoms with Crippen LogP contribution in [-0.4, -0.2) is 17.2 Å². The van der Waals surface area contributed by atoms with Crippen LogP contribution in [0.25, 0.3) is 0 Å². The van der Waals surface area contributed by atoms with Crippen molar-refractivity contribution in [2.45, 2.75) is 25.0 Å². The summed E-state index contributed by atoms with van der Waals surface area (Å²) in [5.41, 5.74) is 0.944. The Morgan fingerprint density at radius 3 is 2.64 bits per heavy atom. The standard InChI is InChI=1S/C11H12O3/c12-9-6-10(14-11(13)7-9)8-4-2-1-3-5-8/h1-5,9-10,12H,6-7H2. The van der Waals surface area contributed by atoms with Gasteiger partial charge in [0.15, 0.2) is 0 Å². The van der Waals surface area contributed by atoms with Crippen molar-refractivity contribution in [1.29, 1.82) is 0 Å². The molecule has 1 fully saturated rings. The number of cyclic esters (lactones) is 1. The molecular formula is C11H12O3. The zero-order valence-corrected chi connectivity index (χ0v) is 7.72. The Morgan fingerprint density at radius 2 is 2.00 bits per heavy atom. The van der Waals surface area contributed by atoms with Crippen molar-refractivity contribution < 1.29 is 14.6 Å². The molecule has 0 aliphatic carbocycles. The molecule has 1 aromatic rings. The van der Waals surface area contributed by atoms with E-state index in [1.54, 1.807) is 0 Å². The molecule has 0 aromatic heterocycles. The maximum atomic E-state index is 11.1. The van der Waals surface area contributed by atoms with Crippen molar-refractivity contribution in [2.24, 2.45) is 0 Å². The van der Waals surface area contributed by atoms with E-state index in [0.29, 0.717) is 6.42 Å². The lowest BCUT2D eigenvalue weighted by atomic mass is 9.99. The molecule has 0 bridgehead atoms. The molecule has 0 amide bonds. The van der Waals surface area contributed by atoms with Crippen molar-refractivity contribution in [3.05, 3.63) is 35.9 Å². The molecule has 1 aliphatic heterocycles. The summed E-state index contributed by atoms with van der Waals surface area (Å²) in [6.07, 6.45) is -0.243. The number of aliphatic hydroxyl groups excluding tert-OH is 1. The third kappa shape index (κ3) is 1.93. The van der Waals surface area contributed by atoms with E-state index >= 15 is 0 Å². The van der Waals surface area contributed by atoms with Crippen LogP contribution >= 0.6 is 0 Å². The second kappa shape index (κ2) is 3.80. The summed E-state index contributed by atoms with van der Waals surface area (Å²) < 4.78 is 5.14. The number of hydrogen-bond donors (Lipinski definition) is 1. The number of carbonyl (C=O) groups is 1. The van der Waals surface area contributed by atoms with Crippen molar-refractivity contribution in [3.63, 3.8) is 0 Å². The topological polar surface area (TPSA) is 46.5 Å². The van der Waals surface area contributed by atoms with Gasteiger partial charge in [0.1, 0.15) is 6.10 Å². The summed E-state index contributed by atoms with van der Waals surface area (Å²) >= 11 is 0. The molecule has 0 radical (unpaired) electrons. The molecule has 1 aromatic carbocycles. The van der Waals surface area contributed by atoms with Gasteiger partial charge in [0.2, 0.25) is 0 Å². The van der Waals surface area contributed by atoms with E-state index in [-0.39, 0.29) is 18.5 Å². The van der Waals surface area contributed by atoms with Crippen LogP contribution in [0.1, 0.15) is 24.5 Å². The van der Waals surface area contributed by atoms with Gasteiger partial charge in [-0.25, -0.2) is 0 Å². The quantitative estimate of drug-likeness (QED) is 0.684. The second-order valence-corrected chi connectivity index (χ2v) is 3.48. The fourth-order valence-electron chi connectivity index (χ4n) is 1.65. The molecule has 0 spiro atoms. The number of esters is 1. The highest BCUT2D eigenvalue weighted by Gasteiger charge is 2.27. The predicted octanol–water partition coefficient (Wildman–Crippen LogP) is 1.43. The van der Waals surface area contributed by atoms with E-state index in [1.165, 1.54) is 0 Å². The van der Waals surface area contributed by atoms with Gasteiger partial charge in [-0.3, -0.25) is 4.79 Å². The van der Waals surface area contributed by atoms with Crippen LogP contribution in [0.2, 0.25) is 0 Å². The van der Waals surface area contributed by atoms with Gasteiger partial charge in [0.25, 0.3) is 0 Å². The second-order valence-electron chi connectivity index (χ2n) is 3.48. The first-order valence-corrected chi connectivity index (χ1v) is 4.68. The van der Waals surface area contributed by atoms with Crippen LogP contribution in [0.15, 0.2) is 30.3 Å². The number of benzene rings is 1. The lowest BCUT2D eigenvalue weighted by Gasteiger charge is -2.26. The highest BCUT2D eigenvalue weighted by atomic mass is 16.5. The summed E-state index contributed by atoms with van der Waals surface area (Å²) in [6.45, 7) is 0. The van der Waals surface area contributed by atoms with Crippen LogP contribution in [0.5, 0.6) is 0 Å². The molecule has 1 aliphatic rings. The molecule has 14 heavy (non-hydrogen) atoms. The molecule has 2 rings (SSSR count). The molecule has 0 saturated carbocycles. The van der Waals surface area contributed by atoms with Crippen LogP contribution < -0.4 is 0 Å². The van der Waals surface area contributed by atoms with Crippen molar-refractivity contribution >= 4 is 5.97 Å². The van der Waals surface area contributed by atoms with Gasteiger partial charge < -0.3 is 9.84 Å². The van der Waals surface area contributed by atoms with E-state index in [1.807, 2.05) is 30.3 Å². The first-order chi connectivity index (χ1) is 6.75. The van der Waals surface area contributed by atoms with E-state index in [9.17, 15) is 9.90 Å². The number of hydrogen-bond acceptors (Lipinski definition) is 3. The fourth-order valence-corrected chi connectivity index (χ4v) is 1.65. The minimum Gasteiger partial charge on any atom is -0.457 e. The Morgan fingerprint density at radius 1 is 1.29 bits per heavy atom. The Bertz CT molecular complexity index is 321. The number of aliphatic hydroxyl groups is 1. The minimum atomic E-state index is -0.568. The van der Waals surface area contributed by atoms with E-state index < -0.39 is 6.10 Å². The first kappa shape index (κ1) is 9.21. The summed E-state index contributed by atoms with van der Waals surface area (Å²) in [4.78, 5) is 11.1. The fraction of sp³-hybridized carbons (Fsp3) is 0.364. The Kier molecular flexibility index (Phi) is 2.50. The summed E-state index contributed by atoms with van der Waals surface area (Å²) in [6, 6.07) is 9.49. The van der Waals surface area contributed by atoms with E-state index in [2.05, 4.69) is 0 Å². The maximum Gasteiger partial charge on any atom is 0.309 e. The van der Waals surface area contributed by atoms with Crippen molar-refractivity contribution in [3.8, 4) is 0 Å². The molecule has 1 N–H and O–H groups in total. The molecule has 1 heterocycles. The van der Waals surface area contributed by atoms with Crippen molar-refractivity contribution in [1.82, 2.24) is 0 Å². The molecule has 2 unspecified atom stereocenters. The Balaban J connectivity index is 2.15. The lowest BCUT2D eigenvalue weighted by Crippen LogP contribution is -2.27. The smallest absolute Gasteiger partial charge is 0.309 e. The predicted molar refractivity (Wildman–Crippen MR) is 50.5 cm³/mol. The van der Waals surface area contributed by atoms with Crippen LogP contribution in [0.3, 0.4) is 0 Å². The Labute approximate surface area is 82.3 Å². The van der Waals surface area contributed by atoms with Gasteiger partial charge in [-0.05, 0) is 5.56 Å². The average molecular weight is 192 g/mol. The van der Waals surface area contributed by atoms with Crippen LogP contribution in [-0.2, 0) is 9.53 Å². The monoisotopic (exact) mass is 192 g/mol. The van der Waals surface area contributed by atoms with Gasteiger partial charge in [-0.2, -0.15) is 0 Å². The normalized spacial score (nSPS) is 27.1. The SMILES string of the molecule is O=C1CC(O)CC(c2ccccc2)O1. The average Bonchev–Trinajstić information content (AvgIpc) is 2.18. The summed E-state index contributed by atoms with van der Waals surface area (Å²) in [5, 5.41) is 9.41. The van der Waals surface area contributed by atoms with E-state index in [0.717, 1.165) is 5.56 Å². The molecule has 1 saturated heterocycles. The minimum absolute atomic E-state index is 0.114. The van der Waals surface area contributed by atoms with Gasteiger partial charge in [-0.1, -0.05) is 30.3 Å². The Hall–Kier alpha value is -1.35. The lowest BCUT2D eigenvalue weighted by molar-refractivity contribution is -0.160. The number of rotatable bonds is 1. The van der Waals surface area contributed by atoms with Gasteiger partial charge in [-0.15, -0.1) is 0 Å². The van der Waals surface area contributed by atoms with Gasteiger partial charge in [0.05, 0.1) is 12.5 Å². The third-order valence-electron chi connectivity index (χ3n) is 2.33. The molecule has 3 nitrogen and oxygen atoms in total. The molecule has 2 atom stereocenters. The summed E-state index contributed by atoms with van der Waals surface area (Å²) in [7, 11) is 0. The highest BCUT2D eigenvalue weighted by Crippen LogP contribution is 2.28. The van der Waals surface area contributed by atoms with E-state index in [4.69, 9.17) is 4.74 Å². The van der Waals surface area contributed by atoms with Crippen molar-refractivity contribution in [2.75, 3.05) is 0 Å². The zero-order chi connectivity index (χ0) is 9.97. The largest absolute Gasteiger partial charge is 0.457 e. The number of carbonyl (C=O) groups excluding carboxylic acids is 1. The molecular weight excluding hydrogens is 180 g/mol. The number of ether oxygens (including phenoxy) is 1. The first-order valence-electron chi connectivity index (χ1n) is 4.68. The zero-order valence-electron chi connectivity index (χ0n) is 7.72. The highest BCUT2D eigenvalue weighted by molar-refractivity contribution is 5.71. The molecule has 3 heteroatoms. The summed E-state index contributed by atoms with van der Waals surface area (Å²) in [5.74, 6) is -0.322. The van der Waals surface area contributed by atoms with Gasteiger partial charge >= 0.3 is 5.97 Å².